The SMILES string of the molecule is Cc1cccc(C(=O)Nc2ccccc2C(=O)NCC(F)(F)F)c1C. The zero-order valence-electron chi connectivity index (χ0n) is 13.7. The van der Waals surface area contributed by atoms with E-state index in [0.717, 1.165) is 11.1 Å². The lowest BCUT2D eigenvalue weighted by Gasteiger charge is -2.14. The molecule has 2 rings (SSSR count). The van der Waals surface area contributed by atoms with E-state index in [-0.39, 0.29) is 11.3 Å². The summed E-state index contributed by atoms with van der Waals surface area (Å²) in [5.74, 6) is -1.34. The monoisotopic (exact) mass is 350 g/mol. The number of aryl methyl sites for hydroxylation is 1. The normalized spacial score (nSPS) is 11.1. The van der Waals surface area contributed by atoms with Crippen LogP contribution in [0.1, 0.15) is 31.8 Å². The Balaban J connectivity index is 2.22. The van der Waals surface area contributed by atoms with Crippen LogP contribution in [0.2, 0.25) is 0 Å². The molecular weight excluding hydrogens is 333 g/mol. The number of nitrogens with one attached hydrogen (secondary N) is 2. The number of amides is 2. The molecule has 0 aliphatic rings. The second-order valence-corrected chi connectivity index (χ2v) is 5.55. The fourth-order valence-corrected chi connectivity index (χ4v) is 2.25. The molecule has 2 amide bonds. The lowest BCUT2D eigenvalue weighted by atomic mass is 10.0. The van der Waals surface area contributed by atoms with Gasteiger partial charge < -0.3 is 10.6 Å². The van der Waals surface area contributed by atoms with Gasteiger partial charge in [0.05, 0.1) is 11.3 Å². The van der Waals surface area contributed by atoms with Crippen molar-refractivity contribution in [3.05, 3.63) is 64.7 Å². The largest absolute Gasteiger partial charge is 0.405 e. The van der Waals surface area contributed by atoms with Crippen molar-refractivity contribution in [2.75, 3.05) is 11.9 Å². The van der Waals surface area contributed by atoms with Gasteiger partial charge in [-0.2, -0.15) is 13.2 Å². The number of anilines is 1. The summed E-state index contributed by atoms with van der Waals surface area (Å²) in [5, 5.41) is 4.39. The van der Waals surface area contributed by atoms with Gasteiger partial charge in [0.1, 0.15) is 6.54 Å². The summed E-state index contributed by atoms with van der Waals surface area (Å²) in [6, 6.07) is 11.2. The van der Waals surface area contributed by atoms with Crippen molar-refractivity contribution in [1.29, 1.82) is 0 Å². The van der Waals surface area contributed by atoms with Gasteiger partial charge in [0.25, 0.3) is 11.8 Å². The van der Waals surface area contributed by atoms with Gasteiger partial charge in [-0.3, -0.25) is 9.59 Å². The van der Waals surface area contributed by atoms with Crippen LogP contribution in [-0.2, 0) is 0 Å². The Morgan fingerprint density at radius 2 is 1.56 bits per heavy atom. The van der Waals surface area contributed by atoms with E-state index in [1.54, 1.807) is 30.4 Å². The molecule has 0 saturated carbocycles. The second-order valence-electron chi connectivity index (χ2n) is 5.55. The van der Waals surface area contributed by atoms with Gasteiger partial charge in [-0.15, -0.1) is 0 Å². The van der Waals surface area contributed by atoms with Crippen LogP contribution in [0.15, 0.2) is 42.5 Å². The Morgan fingerprint density at radius 1 is 0.920 bits per heavy atom. The van der Waals surface area contributed by atoms with Gasteiger partial charge in [0.2, 0.25) is 0 Å². The highest BCUT2D eigenvalue weighted by Crippen LogP contribution is 2.19. The van der Waals surface area contributed by atoms with Crippen LogP contribution in [0, 0.1) is 13.8 Å². The fraction of sp³-hybridized carbons (Fsp3) is 0.222. The Bertz CT molecular complexity index is 801. The van der Waals surface area contributed by atoms with Crippen molar-refractivity contribution in [1.82, 2.24) is 5.32 Å². The summed E-state index contributed by atoms with van der Waals surface area (Å²) >= 11 is 0. The minimum absolute atomic E-state index is 0.0367. The molecule has 2 N–H and O–H groups in total. The van der Waals surface area contributed by atoms with Crippen molar-refractivity contribution in [2.45, 2.75) is 20.0 Å². The molecule has 0 fully saturated rings. The number of hydrogen-bond donors (Lipinski definition) is 2. The third-order valence-electron chi connectivity index (χ3n) is 3.72. The summed E-state index contributed by atoms with van der Waals surface area (Å²) in [6.07, 6.45) is -4.51. The minimum Gasteiger partial charge on any atom is -0.343 e. The van der Waals surface area contributed by atoms with Gasteiger partial charge in [0, 0.05) is 5.56 Å². The smallest absolute Gasteiger partial charge is 0.343 e. The van der Waals surface area contributed by atoms with Gasteiger partial charge in [-0.25, -0.2) is 0 Å². The molecule has 0 radical (unpaired) electrons. The van der Waals surface area contributed by atoms with Crippen molar-refractivity contribution >= 4 is 17.5 Å². The second kappa shape index (κ2) is 7.38. The maximum Gasteiger partial charge on any atom is 0.405 e. The number of benzene rings is 2. The van der Waals surface area contributed by atoms with Crippen molar-refractivity contribution in [2.24, 2.45) is 0 Å². The molecule has 0 heterocycles. The predicted octanol–water partition coefficient (Wildman–Crippen LogP) is 3.85. The van der Waals surface area contributed by atoms with Crippen LogP contribution < -0.4 is 10.6 Å². The highest BCUT2D eigenvalue weighted by Gasteiger charge is 2.28. The first-order valence-corrected chi connectivity index (χ1v) is 7.50. The van der Waals surface area contributed by atoms with E-state index in [2.05, 4.69) is 5.32 Å². The first kappa shape index (κ1) is 18.5. The third-order valence-corrected chi connectivity index (χ3v) is 3.72. The number of halogens is 3. The standard InChI is InChI=1S/C18H17F3N2O2/c1-11-6-5-8-13(12(11)2)17(25)23-15-9-4-3-7-14(15)16(24)22-10-18(19,20)21/h3-9H,10H2,1-2H3,(H,22,24)(H,23,25). The highest BCUT2D eigenvalue weighted by molar-refractivity contribution is 6.09. The zero-order valence-corrected chi connectivity index (χ0v) is 13.7. The molecule has 0 bridgehead atoms. The van der Waals surface area contributed by atoms with Gasteiger partial charge >= 0.3 is 6.18 Å². The molecule has 0 aliphatic carbocycles. The van der Waals surface area contributed by atoms with Crippen LogP contribution in [0.5, 0.6) is 0 Å². The van der Waals surface area contributed by atoms with Crippen molar-refractivity contribution in [3.8, 4) is 0 Å². The van der Waals surface area contributed by atoms with Crippen molar-refractivity contribution < 1.29 is 22.8 Å². The van der Waals surface area contributed by atoms with Gasteiger partial charge in [-0.1, -0.05) is 24.3 Å². The minimum atomic E-state index is -4.51. The highest BCUT2D eigenvalue weighted by atomic mass is 19.4. The van der Waals surface area contributed by atoms with E-state index in [9.17, 15) is 22.8 Å². The summed E-state index contributed by atoms with van der Waals surface area (Å²) in [5.41, 5.74) is 2.27. The average Bonchev–Trinajstić information content (AvgIpc) is 2.55. The number of para-hydroxylation sites is 1. The van der Waals surface area contributed by atoms with Crippen LogP contribution >= 0.6 is 0 Å². The molecular formula is C18H17F3N2O2. The first-order valence-electron chi connectivity index (χ1n) is 7.50. The Labute approximate surface area is 143 Å². The van der Waals surface area contributed by atoms with E-state index < -0.39 is 24.5 Å². The van der Waals surface area contributed by atoms with Crippen LogP contribution in [0.4, 0.5) is 18.9 Å². The summed E-state index contributed by atoms with van der Waals surface area (Å²) < 4.78 is 36.8. The van der Waals surface area contributed by atoms with Crippen LogP contribution in [0.3, 0.4) is 0 Å². The Kier molecular flexibility index (Phi) is 5.46. The maximum atomic E-state index is 12.5. The van der Waals surface area contributed by atoms with Crippen LogP contribution in [-0.4, -0.2) is 24.5 Å². The van der Waals surface area contributed by atoms with E-state index >= 15 is 0 Å². The first-order chi connectivity index (χ1) is 11.7. The molecule has 0 aromatic heterocycles. The summed E-state index contributed by atoms with van der Waals surface area (Å²) in [4.78, 5) is 24.4. The number of rotatable bonds is 4. The van der Waals surface area contributed by atoms with E-state index in [4.69, 9.17) is 0 Å². The molecule has 25 heavy (non-hydrogen) atoms. The van der Waals surface area contributed by atoms with E-state index in [0.29, 0.717) is 5.56 Å². The summed E-state index contributed by atoms with van der Waals surface area (Å²) in [7, 11) is 0. The van der Waals surface area contributed by atoms with Gasteiger partial charge in [0.15, 0.2) is 0 Å². The summed E-state index contributed by atoms with van der Waals surface area (Å²) in [6.45, 7) is 2.22. The number of hydrogen-bond acceptors (Lipinski definition) is 2. The molecule has 0 spiro atoms. The molecule has 132 valence electrons. The number of carbonyl (C=O) groups excluding carboxylic acids is 2. The molecule has 0 saturated heterocycles. The quantitative estimate of drug-likeness (QED) is 0.880. The molecule has 2 aromatic rings. The molecule has 0 unspecified atom stereocenters. The molecule has 0 aliphatic heterocycles. The lowest BCUT2D eigenvalue weighted by molar-refractivity contribution is -0.123. The van der Waals surface area contributed by atoms with Crippen molar-refractivity contribution in [3.63, 3.8) is 0 Å². The topological polar surface area (TPSA) is 58.2 Å². The molecule has 7 heteroatoms. The number of carbonyl (C=O) groups is 2. The molecule has 2 aromatic carbocycles. The fourth-order valence-electron chi connectivity index (χ4n) is 2.25. The molecule has 0 atom stereocenters. The third kappa shape index (κ3) is 4.82. The van der Waals surface area contributed by atoms with E-state index in [1.165, 1.54) is 18.2 Å². The zero-order chi connectivity index (χ0) is 18.6. The average molecular weight is 350 g/mol. The van der Waals surface area contributed by atoms with Crippen LogP contribution in [0.25, 0.3) is 0 Å². The Morgan fingerprint density at radius 3 is 2.24 bits per heavy atom. The van der Waals surface area contributed by atoms with E-state index in [1.807, 2.05) is 13.0 Å². The molecule has 4 nitrogen and oxygen atoms in total. The maximum absolute atomic E-state index is 12.5. The van der Waals surface area contributed by atoms with Gasteiger partial charge in [-0.05, 0) is 43.2 Å². The Hall–Kier alpha value is -2.83. The lowest BCUT2D eigenvalue weighted by Crippen LogP contribution is -2.34. The number of alkyl halides is 3. The predicted molar refractivity (Wildman–Crippen MR) is 88.7 cm³/mol.